The first-order valence-corrected chi connectivity index (χ1v) is 13.9. The van der Waals surface area contributed by atoms with Gasteiger partial charge in [0, 0.05) is 31.1 Å². The molecule has 4 saturated carbocycles. The summed E-state index contributed by atoms with van der Waals surface area (Å²) in [4.78, 5) is 37.6. The van der Waals surface area contributed by atoms with Gasteiger partial charge in [-0.1, -0.05) is 27.7 Å². The van der Waals surface area contributed by atoms with Crippen molar-refractivity contribution in [1.29, 1.82) is 0 Å². The van der Waals surface area contributed by atoms with E-state index in [2.05, 4.69) is 27.7 Å². The molecule has 0 amide bonds. The van der Waals surface area contributed by atoms with Crippen LogP contribution in [0.1, 0.15) is 92.4 Å². The van der Waals surface area contributed by atoms with Crippen molar-refractivity contribution in [2.24, 2.45) is 52.3 Å². The number of aliphatic hydroxyl groups excluding tert-OH is 1. The lowest BCUT2D eigenvalue weighted by atomic mass is 9.41. The summed E-state index contributed by atoms with van der Waals surface area (Å²) in [6.45, 7) is 10.4. The van der Waals surface area contributed by atoms with Crippen LogP contribution < -0.4 is 0 Å². The Labute approximate surface area is 210 Å². The zero-order chi connectivity index (χ0) is 25.7. The SMILES string of the molecule is CC[C@H]1C(=O)[C@@H]2[C@H]([C@@H](O)C[C@]3(C)[C@@H]([C@H](C)CCC(=O)OC)CC[C@@H]23)[C@@]2(C)CC[C@@H](OC(C)=O)C[C@@H]12. The van der Waals surface area contributed by atoms with Crippen LogP contribution in [-0.2, 0) is 23.9 Å². The number of hydrogen-bond acceptors (Lipinski definition) is 6. The third-order valence-corrected chi connectivity index (χ3v) is 11.2. The van der Waals surface area contributed by atoms with E-state index in [1.807, 2.05) is 0 Å². The number of rotatable bonds is 6. The quantitative estimate of drug-likeness (QED) is 0.530. The van der Waals surface area contributed by atoms with Crippen LogP contribution in [0.3, 0.4) is 0 Å². The first kappa shape index (κ1) is 26.6. The summed E-state index contributed by atoms with van der Waals surface area (Å²) in [5.74, 6) is 0.936. The van der Waals surface area contributed by atoms with Crippen LogP contribution in [0.15, 0.2) is 0 Å². The van der Waals surface area contributed by atoms with E-state index in [4.69, 9.17) is 9.47 Å². The summed E-state index contributed by atoms with van der Waals surface area (Å²) < 4.78 is 10.5. The Morgan fingerprint density at radius 1 is 1.14 bits per heavy atom. The van der Waals surface area contributed by atoms with Crippen molar-refractivity contribution in [1.82, 2.24) is 0 Å². The standard InChI is InChI=1S/C29H46O6/c1-7-19-22-14-18(35-17(3)30)12-13-28(22,4)26-23(31)15-29(5)20(16(2)8-11-24(32)34-6)9-10-21(29)25(26)27(19)33/h16,18-23,25-26,31H,7-15H2,1-6H3/t16-,18-,19-,20-,21+,22+,23+,25+,26+,28+,29-/m1/s1. The second kappa shape index (κ2) is 9.79. The largest absolute Gasteiger partial charge is 0.469 e. The molecule has 4 rings (SSSR count). The number of ketones is 1. The van der Waals surface area contributed by atoms with Gasteiger partial charge in [-0.3, -0.25) is 14.4 Å². The molecule has 0 radical (unpaired) electrons. The second-order valence-corrected chi connectivity index (χ2v) is 12.7. The van der Waals surface area contributed by atoms with E-state index >= 15 is 0 Å². The van der Waals surface area contributed by atoms with Crippen molar-refractivity contribution in [2.75, 3.05) is 7.11 Å². The van der Waals surface area contributed by atoms with Crippen molar-refractivity contribution >= 4 is 17.7 Å². The molecule has 0 saturated heterocycles. The van der Waals surface area contributed by atoms with Crippen molar-refractivity contribution in [3.63, 3.8) is 0 Å². The third kappa shape index (κ3) is 4.36. The van der Waals surface area contributed by atoms with Gasteiger partial charge in [0.15, 0.2) is 0 Å². The van der Waals surface area contributed by atoms with E-state index in [0.717, 1.165) is 51.4 Å². The average molecular weight is 491 g/mol. The monoisotopic (exact) mass is 490 g/mol. The molecule has 1 N–H and O–H groups in total. The van der Waals surface area contributed by atoms with Gasteiger partial charge >= 0.3 is 11.9 Å². The fraction of sp³-hybridized carbons (Fsp3) is 0.897. The van der Waals surface area contributed by atoms with E-state index in [0.29, 0.717) is 24.0 Å². The molecule has 4 fully saturated rings. The number of ether oxygens (including phenoxy) is 2. The molecule has 198 valence electrons. The molecule has 4 aliphatic carbocycles. The van der Waals surface area contributed by atoms with Crippen molar-refractivity contribution in [3.05, 3.63) is 0 Å². The smallest absolute Gasteiger partial charge is 0.305 e. The summed E-state index contributed by atoms with van der Waals surface area (Å²) >= 11 is 0. The van der Waals surface area contributed by atoms with E-state index in [1.165, 1.54) is 14.0 Å². The van der Waals surface area contributed by atoms with E-state index < -0.39 is 6.10 Å². The number of aliphatic hydroxyl groups is 1. The van der Waals surface area contributed by atoms with Crippen molar-refractivity contribution in [2.45, 2.75) is 105 Å². The second-order valence-electron chi connectivity index (χ2n) is 12.7. The number of Topliss-reactive ketones (excluding diaryl/α,β-unsaturated/α-hetero) is 1. The Bertz CT molecular complexity index is 839. The number of fused-ring (bicyclic) bond motifs is 5. The minimum Gasteiger partial charge on any atom is -0.469 e. The van der Waals surface area contributed by atoms with E-state index in [-0.39, 0.29) is 58.5 Å². The Hall–Kier alpha value is -1.43. The molecule has 11 atom stereocenters. The predicted molar refractivity (Wildman–Crippen MR) is 132 cm³/mol. The molecule has 6 nitrogen and oxygen atoms in total. The van der Waals surface area contributed by atoms with Crippen molar-refractivity contribution < 1.29 is 29.0 Å². The van der Waals surface area contributed by atoms with Crippen LogP contribution >= 0.6 is 0 Å². The zero-order valence-electron chi connectivity index (χ0n) is 22.5. The number of hydrogen-bond donors (Lipinski definition) is 1. The maximum atomic E-state index is 14.2. The van der Waals surface area contributed by atoms with E-state index in [1.54, 1.807) is 0 Å². The summed E-state index contributed by atoms with van der Waals surface area (Å²) in [5.41, 5.74) is -0.215. The van der Waals surface area contributed by atoms with Crippen LogP contribution in [0.25, 0.3) is 0 Å². The lowest BCUT2D eigenvalue weighted by Crippen LogP contribution is -2.64. The normalized spacial score (nSPS) is 45.6. The maximum Gasteiger partial charge on any atom is 0.305 e. The summed E-state index contributed by atoms with van der Waals surface area (Å²) in [6, 6.07) is 0. The molecule has 0 heterocycles. The Morgan fingerprint density at radius 2 is 1.86 bits per heavy atom. The molecular weight excluding hydrogens is 444 g/mol. The van der Waals surface area contributed by atoms with Gasteiger partial charge in [0.25, 0.3) is 0 Å². The lowest BCUT2D eigenvalue weighted by molar-refractivity contribution is -0.200. The van der Waals surface area contributed by atoms with Crippen molar-refractivity contribution in [3.8, 4) is 0 Å². The molecule has 0 aromatic heterocycles. The van der Waals surface area contributed by atoms with Crippen LogP contribution in [0.2, 0.25) is 0 Å². The van der Waals surface area contributed by atoms with Gasteiger partial charge in [0.1, 0.15) is 11.9 Å². The minimum absolute atomic E-state index is 0.0247. The van der Waals surface area contributed by atoms with Gasteiger partial charge in [-0.15, -0.1) is 0 Å². The molecular formula is C29H46O6. The molecule has 4 aliphatic rings. The molecule has 0 aromatic rings. The summed E-state index contributed by atoms with van der Waals surface area (Å²) in [7, 11) is 1.43. The first-order chi connectivity index (χ1) is 16.5. The zero-order valence-corrected chi connectivity index (χ0v) is 22.5. The maximum absolute atomic E-state index is 14.2. The topological polar surface area (TPSA) is 89.9 Å². The lowest BCUT2D eigenvalue weighted by Gasteiger charge is -2.63. The van der Waals surface area contributed by atoms with Gasteiger partial charge in [-0.2, -0.15) is 0 Å². The number of carbonyl (C=O) groups is 3. The van der Waals surface area contributed by atoms with Gasteiger partial charge in [0.2, 0.25) is 0 Å². The highest BCUT2D eigenvalue weighted by Gasteiger charge is 2.67. The highest BCUT2D eigenvalue weighted by atomic mass is 16.5. The molecule has 6 heteroatoms. The highest BCUT2D eigenvalue weighted by molar-refractivity contribution is 5.86. The molecule has 0 aromatic carbocycles. The number of esters is 2. The first-order valence-electron chi connectivity index (χ1n) is 13.9. The van der Waals surface area contributed by atoms with Gasteiger partial charge < -0.3 is 14.6 Å². The molecule has 0 spiro atoms. The summed E-state index contributed by atoms with van der Waals surface area (Å²) in [6.07, 6.45) is 6.61. The van der Waals surface area contributed by atoms with Crippen LogP contribution in [-0.4, -0.2) is 42.1 Å². The fourth-order valence-corrected chi connectivity index (χ4v) is 9.70. The van der Waals surface area contributed by atoms with Crippen LogP contribution in [0.4, 0.5) is 0 Å². The van der Waals surface area contributed by atoms with Gasteiger partial charge in [-0.05, 0) is 85.9 Å². The molecule has 0 bridgehead atoms. The Morgan fingerprint density at radius 3 is 2.49 bits per heavy atom. The molecule has 0 aliphatic heterocycles. The Kier molecular flexibility index (Phi) is 7.45. The molecule has 35 heavy (non-hydrogen) atoms. The van der Waals surface area contributed by atoms with Crippen LogP contribution in [0, 0.1) is 52.3 Å². The highest BCUT2D eigenvalue weighted by Crippen LogP contribution is 2.68. The van der Waals surface area contributed by atoms with Crippen LogP contribution in [0.5, 0.6) is 0 Å². The summed E-state index contributed by atoms with van der Waals surface area (Å²) in [5, 5.41) is 11.8. The van der Waals surface area contributed by atoms with E-state index in [9.17, 15) is 19.5 Å². The van der Waals surface area contributed by atoms with Gasteiger partial charge in [-0.25, -0.2) is 0 Å². The average Bonchev–Trinajstić information content (AvgIpc) is 3.14. The number of carbonyl (C=O) groups excluding carboxylic acids is 3. The fourth-order valence-electron chi connectivity index (χ4n) is 9.70. The molecule has 0 unspecified atom stereocenters. The minimum atomic E-state index is -0.505. The Balaban J connectivity index is 1.62. The van der Waals surface area contributed by atoms with Gasteiger partial charge in [0.05, 0.1) is 13.2 Å². The third-order valence-electron chi connectivity index (χ3n) is 11.2. The predicted octanol–water partition coefficient (Wildman–Crippen LogP) is 4.95. The number of methoxy groups -OCH3 is 1.